The first kappa shape index (κ1) is 20.7. The van der Waals surface area contributed by atoms with Gasteiger partial charge in [-0.15, -0.1) is 11.3 Å². The highest BCUT2D eigenvalue weighted by Crippen LogP contribution is 2.17. The summed E-state index contributed by atoms with van der Waals surface area (Å²) in [5.41, 5.74) is 2.33. The van der Waals surface area contributed by atoms with E-state index in [1.54, 1.807) is 19.2 Å². The molecule has 2 atom stereocenters. The fourth-order valence-electron chi connectivity index (χ4n) is 3.05. The predicted molar refractivity (Wildman–Crippen MR) is 113 cm³/mol. The van der Waals surface area contributed by atoms with Crippen LogP contribution in [0.1, 0.15) is 41.3 Å². The number of hydrogen-bond acceptors (Lipinski definition) is 5. The van der Waals surface area contributed by atoms with Gasteiger partial charge < -0.3 is 15.6 Å². The van der Waals surface area contributed by atoms with Gasteiger partial charge in [0.2, 0.25) is 5.91 Å². The highest BCUT2D eigenvalue weighted by atomic mass is 32.1. The fraction of sp³-hybridized carbons (Fsp3) is 0.333. The smallest absolute Gasteiger partial charge is 0.271 e. The average molecular weight is 413 g/mol. The molecule has 2 heterocycles. The molecule has 0 fully saturated rings. The highest BCUT2D eigenvalue weighted by molar-refractivity contribution is 7.09. The Labute approximate surface area is 172 Å². The van der Waals surface area contributed by atoms with E-state index in [2.05, 4.69) is 20.6 Å². The molecule has 29 heavy (non-hydrogen) atoms. The second-order valence-electron chi connectivity index (χ2n) is 7.09. The Morgan fingerprint density at radius 3 is 2.72 bits per heavy atom. The van der Waals surface area contributed by atoms with Crippen molar-refractivity contribution in [1.29, 1.82) is 0 Å². The number of benzene rings is 1. The number of thiazole rings is 1. The minimum Gasteiger partial charge on any atom is -0.361 e. The number of amides is 2. The molecule has 0 unspecified atom stereocenters. The van der Waals surface area contributed by atoms with Crippen LogP contribution in [-0.2, 0) is 16.1 Å². The molecule has 3 aromatic rings. The monoisotopic (exact) mass is 412 g/mol. The van der Waals surface area contributed by atoms with Gasteiger partial charge in [0.25, 0.3) is 5.91 Å². The Morgan fingerprint density at radius 2 is 2.00 bits per heavy atom. The second kappa shape index (κ2) is 9.00. The molecule has 0 spiro atoms. The molecule has 8 heteroatoms. The van der Waals surface area contributed by atoms with Gasteiger partial charge in [0.05, 0.1) is 11.0 Å². The van der Waals surface area contributed by atoms with E-state index in [4.69, 9.17) is 0 Å². The summed E-state index contributed by atoms with van der Waals surface area (Å²) in [6.45, 7) is 5.54. The van der Waals surface area contributed by atoms with Crippen LogP contribution in [0, 0.1) is 12.8 Å². The summed E-state index contributed by atoms with van der Waals surface area (Å²) < 4.78 is 0. The molecular formula is C21H24N4O3S. The van der Waals surface area contributed by atoms with Gasteiger partial charge in [-0.05, 0) is 31.5 Å². The molecule has 0 aliphatic rings. The van der Waals surface area contributed by atoms with E-state index in [1.807, 2.05) is 37.4 Å². The number of fused-ring (bicyclic) bond motifs is 1. The lowest BCUT2D eigenvalue weighted by Gasteiger charge is -2.16. The number of hydrogen-bond donors (Lipinski definition) is 3. The summed E-state index contributed by atoms with van der Waals surface area (Å²) in [7, 11) is 0. The normalized spacial score (nSPS) is 13.1. The van der Waals surface area contributed by atoms with Crippen molar-refractivity contribution in [3.8, 4) is 0 Å². The SMILES string of the molecule is Cc1nc(C(=O)N[C@@H](C)C(=O)C[C@@H](C)C(=O)NCc2cccc3[nH]ccc23)cs1. The van der Waals surface area contributed by atoms with Crippen molar-refractivity contribution in [2.75, 3.05) is 0 Å². The van der Waals surface area contributed by atoms with Crippen LogP contribution in [0.2, 0.25) is 0 Å². The molecule has 0 aliphatic carbocycles. The first-order chi connectivity index (χ1) is 13.8. The summed E-state index contributed by atoms with van der Waals surface area (Å²) in [5.74, 6) is -1.26. The van der Waals surface area contributed by atoms with Crippen molar-refractivity contribution >= 4 is 39.8 Å². The summed E-state index contributed by atoms with van der Waals surface area (Å²) in [6, 6.07) is 7.15. The number of nitrogens with one attached hydrogen (secondary N) is 3. The van der Waals surface area contributed by atoms with Crippen LogP contribution in [-0.4, -0.2) is 33.6 Å². The standard InChI is InChI=1S/C21H24N4O3S/c1-12(9-19(26)13(2)24-21(28)18-11-29-14(3)25-18)20(27)23-10-15-5-4-6-17-16(15)7-8-22-17/h4-8,11-13,22H,9-10H2,1-3H3,(H,23,27)(H,24,28)/t12-,13+/m1/s1. The fourth-order valence-corrected chi connectivity index (χ4v) is 3.64. The summed E-state index contributed by atoms with van der Waals surface area (Å²) in [4.78, 5) is 44.2. The van der Waals surface area contributed by atoms with E-state index >= 15 is 0 Å². The maximum atomic E-state index is 12.4. The van der Waals surface area contributed by atoms with Crippen LogP contribution in [0.25, 0.3) is 10.9 Å². The van der Waals surface area contributed by atoms with Gasteiger partial charge in [0.15, 0.2) is 5.78 Å². The lowest BCUT2D eigenvalue weighted by Crippen LogP contribution is -2.40. The van der Waals surface area contributed by atoms with Crippen molar-refractivity contribution in [1.82, 2.24) is 20.6 Å². The van der Waals surface area contributed by atoms with Crippen LogP contribution in [0.3, 0.4) is 0 Å². The van der Waals surface area contributed by atoms with E-state index < -0.39 is 12.0 Å². The maximum Gasteiger partial charge on any atom is 0.271 e. The molecule has 0 radical (unpaired) electrons. The van der Waals surface area contributed by atoms with Gasteiger partial charge in [0, 0.05) is 41.4 Å². The van der Waals surface area contributed by atoms with E-state index in [-0.39, 0.29) is 24.0 Å². The van der Waals surface area contributed by atoms with Crippen LogP contribution < -0.4 is 10.6 Å². The summed E-state index contributed by atoms with van der Waals surface area (Å²) >= 11 is 1.38. The Morgan fingerprint density at radius 1 is 1.21 bits per heavy atom. The Hall–Kier alpha value is -3.00. The van der Waals surface area contributed by atoms with Crippen molar-refractivity contribution in [2.24, 2.45) is 5.92 Å². The van der Waals surface area contributed by atoms with Crippen molar-refractivity contribution in [3.05, 3.63) is 52.1 Å². The van der Waals surface area contributed by atoms with Crippen molar-refractivity contribution < 1.29 is 14.4 Å². The number of carbonyl (C=O) groups excluding carboxylic acids is 3. The van der Waals surface area contributed by atoms with Crippen molar-refractivity contribution in [3.63, 3.8) is 0 Å². The molecular weight excluding hydrogens is 388 g/mol. The second-order valence-corrected chi connectivity index (χ2v) is 8.15. The zero-order valence-electron chi connectivity index (χ0n) is 16.6. The number of H-pyrrole nitrogens is 1. The van der Waals surface area contributed by atoms with Crippen LogP contribution in [0.4, 0.5) is 0 Å². The molecule has 2 amide bonds. The zero-order chi connectivity index (χ0) is 21.0. The third-order valence-corrected chi connectivity index (χ3v) is 5.55. The molecule has 2 aromatic heterocycles. The number of nitrogens with zero attached hydrogens (tertiary/aromatic N) is 1. The van der Waals surface area contributed by atoms with Gasteiger partial charge in [-0.2, -0.15) is 0 Å². The topological polar surface area (TPSA) is 104 Å². The van der Waals surface area contributed by atoms with E-state index in [9.17, 15) is 14.4 Å². The number of carbonyl (C=O) groups is 3. The number of aromatic nitrogens is 2. The maximum absolute atomic E-state index is 12.4. The third kappa shape index (κ3) is 5.08. The molecule has 7 nitrogen and oxygen atoms in total. The van der Waals surface area contributed by atoms with Crippen molar-refractivity contribution in [2.45, 2.75) is 39.8 Å². The molecule has 0 saturated carbocycles. The molecule has 1 aromatic carbocycles. The van der Waals surface area contributed by atoms with E-state index in [0.717, 1.165) is 21.5 Å². The number of rotatable bonds is 8. The zero-order valence-corrected chi connectivity index (χ0v) is 17.4. The molecule has 3 rings (SSSR count). The van der Waals surface area contributed by atoms with Gasteiger partial charge in [-0.1, -0.05) is 19.1 Å². The lowest BCUT2D eigenvalue weighted by atomic mass is 9.99. The number of aromatic amines is 1. The first-order valence-corrected chi connectivity index (χ1v) is 10.3. The van der Waals surface area contributed by atoms with Crippen LogP contribution >= 0.6 is 11.3 Å². The van der Waals surface area contributed by atoms with Crippen LogP contribution in [0.5, 0.6) is 0 Å². The van der Waals surface area contributed by atoms with Gasteiger partial charge in [-0.25, -0.2) is 4.98 Å². The molecule has 3 N–H and O–H groups in total. The van der Waals surface area contributed by atoms with E-state index in [0.29, 0.717) is 12.2 Å². The number of ketones is 1. The van der Waals surface area contributed by atoms with Gasteiger partial charge in [-0.3, -0.25) is 14.4 Å². The number of Topliss-reactive ketones (excluding diaryl/α,β-unsaturated/α-hetero) is 1. The minimum absolute atomic E-state index is 0.0533. The minimum atomic E-state index is -0.687. The highest BCUT2D eigenvalue weighted by Gasteiger charge is 2.23. The van der Waals surface area contributed by atoms with Crippen LogP contribution in [0.15, 0.2) is 35.8 Å². The quantitative estimate of drug-likeness (QED) is 0.529. The first-order valence-electron chi connectivity index (χ1n) is 9.43. The number of aryl methyl sites for hydroxylation is 1. The Kier molecular flexibility index (Phi) is 6.43. The third-order valence-electron chi connectivity index (χ3n) is 4.78. The molecule has 0 saturated heterocycles. The summed E-state index contributed by atoms with van der Waals surface area (Å²) in [6.07, 6.45) is 1.91. The summed E-state index contributed by atoms with van der Waals surface area (Å²) in [5, 5.41) is 9.05. The molecule has 152 valence electrons. The largest absolute Gasteiger partial charge is 0.361 e. The Bertz CT molecular complexity index is 1040. The molecule has 0 bridgehead atoms. The average Bonchev–Trinajstić information content (AvgIpc) is 3.34. The molecule has 0 aliphatic heterocycles. The predicted octanol–water partition coefficient (Wildman–Crippen LogP) is 2.96. The van der Waals surface area contributed by atoms with Gasteiger partial charge >= 0.3 is 0 Å². The van der Waals surface area contributed by atoms with Gasteiger partial charge in [0.1, 0.15) is 5.69 Å². The Balaban J connectivity index is 1.50. The van der Waals surface area contributed by atoms with E-state index in [1.165, 1.54) is 11.3 Å². The lowest BCUT2D eigenvalue weighted by molar-refractivity contribution is -0.129.